The van der Waals surface area contributed by atoms with E-state index in [1.807, 2.05) is 0 Å². The average Bonchev–Trinajstić information content (AvgIpc) is 2.29. The van der Waals surface area contributed by atoms with Gasteiger partial charge in [0.15, 0.2) is 0 Å². The molecule has 0 saturated carbocycles. The molecule has 0 N–H and O–H groups in total. The van der Waals surface area contributed by atoms with E-state index >= 15 is 0 Å². The molecule has 74 valence electrons. The molecule has 0 unspecified atom stereocenters. The van der Waals surface area contributed by atoms with Gasteiger partial charge in [0.1, 0.15) is 0 Å². The fourth-order valence-corrected chi connectivity index (χ4v) is 1.95. The molecule has 3 aromatic rings. The Bertz CT molecular complexity index is 539. The van der Waals surface area contributed by atoms with Gasteiger partial charge >= 0.3 is 0 Å². The first-order valence-electron chi connectivity index (χ1n) is 4.82. The Morgan fingerprint density at radius 2 is 0.867 bits per heavy atom. The van der Waals surface area contributed by atoms with E-state index in [2.05, 4.69) is 60.7 Å². The standard InChI is InChI=1S/C14H10.CH4/c1-3-7-13-11(5-1)9-10-12-6-2-4-8-14(12)13;/h1-10H;1H4. The molecule has 3 rings (SSSR count). The molecule has 0 amide bonds. The van der Waals surface area contributed by atoms with Crippen LogP contribution in [0.3, 0.4) is 0 Å². The van der Waals surface area contributed by atoms with Gasteiger partial charge in [0.05, 0.1) is 0 Å². The fraction of sp³-hybridized carbons (Fsp3) is 0.0667. The van der Waals surface area contributed by atoms with E-state index < -0.39 is 0 Å². The van der Waals surface area contributed by atoms with Gasteiger partial charge in [-0.1, -0.05) is 68.1 Å². The molecule has 0 heteroatoms. The summed E-state index contributed by atoms with van der Waals surface area (Å²) in [5.41, 5.74) is 0. The lowest BCUT2D eigenvalue weighted by atomic mass is 10.0. The lowest BCUT2D eigenvalue weighted by Crippen LogP contribution is -1.75. The van der Waals surface area contributed by atoms with Gasteiger partial charge < -0.3 is 0 Å². The second-order valence-electron chi connectivity index (χ2n) is 3.51. The Kier molecular flexibility index (Phi) is 2.42. The van der Waals surface area contributed by atoms with Crippen molar-refractivity contribution in [1.29, 1.82) is 0 Å². The first-order chi connectivity index (χ1) is 6.95. The van der Waals surface area contributed by atoms with Gasteiger partial charge in [-0.15, -0.1) is 0 Å². The zero-order chi connectivity index (χ0) is 9.38. The molecular formula is C15H14. The molecule has 0 aliphatic rings. The van der Waals surface area contributed by atoms with Crippen molar-refractivity contribution < 1.29 is 0 Å². The monoisotopic (exact) mass is 194 g/mol. The highest BCUT2D eigenvalue weighted by molar-refractivity contribution is 6.07. The van der Waals surface area contributed by atoms with Crippen molar-refractivity contribution in [1.82, 2.24) is 0 Å². The second-order valence-corrected chi connectivity index (χ2v) is 3.51. The summed E-state index contributed by atoms with van der Waals surface area (Å²) >= 11 is 0. The van der Waals surface area contributed by atoms with Crippen molar-refractivity contribution in [2.45, 2.75) is 7.43 Å². The van der Waals surface area contributed by atoms with Crippen LogP contribution < -0.4 is 0 Å². The third kappa shape index (κ3) is 1.48. The van der Waals surface area contributed by atoms with E-state index in [1.165, 1.54) is 21.5 Å². The maximum absolute atomic E-state index is 2.18. The van der Waals surface area contributed by atoms with Crippen molar-refractivity contribution in [3.8, 4) is 0 Å². The van der Waals surface area contributed by atoms with E-state index in [0.717, 1.165) is 0 Å². The maximum atomic E-state index is 2.18. The predicted octanol–water partition coefficient (Wildman–Crippen LogP) is 4.63. The lowest BCUT2D eigenvalue weighted by Gasteiger charge is -2.02. The Morgan fingerprint density at radius 3 is 1.33 bits per heavy atom. The number of fused-ring (bicyclic) bond motifs is 3. The van der Waals surface area contributed by atoms with E-state index in [0.29, 0.717) is 0 Å². The van der Waals surface area contributed by atoms with E-state index in [9.17, 15) is 0 Å². The van der Waals surface area contributed by atoms with E-state index in [1.54, 1.807) is 0 Å². The summed E-state index contributed by atoms with van der Waals surface area (Å²) in [4.78, 5) is 0. The van der Waals surface area contributed by atoms with Crippen molar-refractivity contribution in [2.24, 2.45) is 0 Å². The summed E-state index contributed by atoms with van der Waals surface area (Å²) < 4.78 is 0. The lowest BCUT2D eigenvalue weighted by molar-refractivity contribution is 1.76. The minimum atomic E-state index is 0. The number of rotatable bonds is 0. The highest BCUT2D eigenvalue weighted by Gasteiger charge is 1.97. The maximum Gasteiger partial charge on any atom is -0.0105 e. The molecule has 0 heterocycles. The Labute approximate surface area is 90.2 Å². The van der Waals surface area contributed by atoms with Crippen molar-refractivity contribution >= 4 is 21.5 Å². The molecule has 0 aliphatic carbocycles. The Balaban J connectivity index is 0.000000853. The van der Waals surface area contributed by atoms with Crippen LogP contribution in [0.15, 0.2) is 60.7 Å². The molecule has 0 aromatic heterocycles. The van der Waals surface area contributed by atoms with Crippen LogP contribution in [-0.2, 0) is 0 Å². The topological polar surface area (TPSA) is 0 Å². The summed E-state index contributed by atoms with van der Waals surface area (Å²) in [5, 5.41) is 5.30. The molecule has 0 saturated heterocycles. The first-order valence-corrected chi connectivity index (χ1v) is 4.82. The summed E-state index contributed by atoms with van der Waals surface area (Å²) in [6.07, 6.45) is 0. The zero-order valence-electron chi connectivity index (χ0n) is 7.77. The number of hydrogen-bond acceptors (Lipinski definition) is 0. The highest BCUT2D eigenvalue weighted by atomic mass is 14.0. The zero-order valence-corrected chi connectivity index (χ0v) is 7.77. The normalized spacial score (nSPS) is 10.1. The molecule has 0 spiro atoms. The summed E-state index contributed by atoms with van der Waals surface area (Å²) in [7, 11) is 0. The molecule has 0 fully saturated rings. The fourth-order valence-electron chi connectivity index (χ4n) is 1.95. The van der Waals surface area contributed by atoms with Crippen LogP contribution >= 0.6 is 0 Å². The second kappa shape index (κ2) is 3.74. The predicted molar refractivity (Wildman–Crippen MR) is 68.2 cm³/mol. The van der Waals surface area contributed by atoms with Crippen LogP contribution in [0.1, 0.15) is 7.43 Å². The van der Waals surface area contributed by atoms with Crippen LogP contribution in [-0.4, -0.2) is 0 Å². The van der Waals surface area contributed by atoms with E-state index in [4.69, 9.17) is 0 Å². The van der Waals surface area contributed by atoms with Crippen molar-refractivity contribution in [3.63, 3.8) is 0 Å². The molecular weight excluding hydrogens is 180 g/mol. The quantitative estimate of drug-likeness (QED) is 0.458. The largest absolute Gasteiger partial charge is 0.0776 e. The minimum absolute atomic E-state index is 0. The van der Waals surface area contributed by atoms with Crippen LogP contribution in [0.25, 0.3) is 21.5 Å². The molecule has 0 radical (unpaired) electrons. The molecule has 0 aliphatic heterocycles. The third-order valence-electron chi connectivity index (χ3n) is 2.65. The third-order valence-corrected chi connectivity index (χ3v) is 2.65. The molecule has 3 aromatic carbocycles. The first kappa shape index (κ1) is 9.72. The van der Waals surface area contributed by atoms with Gasteiger partial charge in [0, 0.05) is 0 Å². The number of benzene rings is 3. The summed E-state index contributed by atoms with van der Waals surface area (Å²) in [5.74, 6) is 0. The SMILES string of the molecule is C.c1ccc2c(c1)ccc1ccccc12. The van der Waals surface area contributed by atoms with Crippen LogP contribution in [0.2, 0.25) is 0 Å². The van der Waals surface area contributed by atoms with Crippen molar-refractivity contribution in [3.05, 3.63) is 60.7 Å². The van der Waals surface area contributed by atoms with Gasteiger partial charge in [-0.25, -0.2) is 0 Å². The highest BCUT2D eigenvalue weighted by Crippen LogP contribution is 2.24. The molecule has 0 bridgehead atoms. The average molecular weight is 194 g/mol. The summed E-state index contributed by atoms with van der Waals surface area (Å²) in [6, 6.07) is 21.4. The van der Waals surface area contributed by atoms with E-state index in [-0.39, 0.29) is 7.43 Å². The van der Waals surface area contributed by atoms with Gasteiger partial charge in [-0.05, 0) is 21.5 Å². The Morgan fingerprint density at radius 1 is 0.467 bits per heavy atom. The van der Waals surface area contributed by atoms with Gasteiger partial charge in [-0.2, -0.15) is 0 Å². The Hall–Kier alpha value is -1.82. The van der Waals surface area contributed by atoms with Gasteiger partial charge in [0.25, 0.3) is 0 Å². The van der Waals surface area contributed by atoms with Crippen molar-refractivity contribution in [2.75, 3.05) is 0 Å². The smallest absolute Gasteiger partial charge is 0.0105 e. The molecule has 0 atom stereocenters. The van der Waals surface area contributed by atoms with Crippen LogP contribution in [0.4, 0.5) is 0 Å². The van der Waals surface area contributed by atoms with Crippen LogP contribution in [0.5, 0.6) is 0 Å². The summed E-state index contributed by atoms with van der Waals surface area (Å²) in [6.45, 7) is 0. The minimum Gasteiger partial charge on any atom is -0.0776 e. The van der Waals surface area contributed by atoms with Crippen LogP contribution in [0, 0.1) is 0 Å². The number of hydrogen-bond donors (Lipinski definition) is 0. The molecule has 0 nitrogen and oxygen atoms in total. The van der Waals surface area contributed by atoms with Gasteiger partial charge in [-0.3, -0.25) is 0 Å². The molecule has 15 heavy (non-hydrogen) atoms. The van der Waals surface area contributed by atoms with Gasteiger partial charge in [0.2, 0.25) is 0 Å².